The Morgan fingerprint density at radius 3 is 2.20 bits per heavy atom. The highest BCUT2D eigenvalue weighted by atomic mass is 15.8. The molecule has 0 saturated carbocycles. The third kappa shape index (κ3) is 1.31. The molecule has 0 spiro atoms. The molecule has 0 aliphatic carbocycles. The second-order valence-electron chi connectivity index (χ2n) is 3.63. The number of nitrogens with zero attached hydrogens (tertiary/aromatic N) is 3. The van der Waals surface area contributed by atoms with Gasteiger partial charge in [0.1, 0.15) is 6.54 Å². The summed E-state index contributed by atoms with van der Waals surface area (Å²) in [4.78, 5) is 2.36. The normalized spacial score (nSPS) is 35.7. The van der Waals surface area contributed by atoms with Crippen LogP contribution in [0.1, 0.15) is 0 Å². The zero-order valence-corrected chi connectivity index (χ0v) is 7.46. The van der Waals surface area contributed by atoms with E-state index in [1.54, 1.807) is 0 Å². The highest BCUT2D eigenvalue weighted by Gasteiger charge is 2.32. The van der Waals surface area contributed by atoms with E-state index in [-0.39, 0.29) is 0 Å². The molecule has 1 rings (SSSR count). The van der Waals surface area contributed by atoms with Crippen molar-refractivity contribution in [2.24, 2.45) is 0 Å². The van der Waals surface area contributed by atoms with Gasteiger partial charge in [-0.15, -0.1) is 0 Å². The highest BCUT2D eigenvalue weighted by Crippen LogP contribution is 2.12. The van der Waals surface area contributed by atoms with Crippen LogP contribution in [0.25, 0.3) is 0 Å². The molecule has 0 aromatic heterocycles. The Balaban J connectivity index is 2.54. The molecule has 0 aromatic rings. The lowest BCUT2D eigenvalue weighted by molar-refractivity contribution is -1.01. The van der Waals surface area contributed by atoms with Gasteiger partial charge in [0.05, 0.1) is 13.6 Å². The first-order valence-electron chi connectivity index (χ1n) is 3.75. The van der Waals surface area contributed by atoms with E-state index in [0.717, 1.165) is 11.3 Å². The maximum Gasteiger partial charge on any atom is 0.152 e. The monoisotopic (exact) mass is 144 g/mol. The minimum Gasteiger partial charge on any atom is -0.253 e. The summed E-state index contributed by atoms with van der Waals surface area (Å²) in [5.41, 5.74) is 0. The van der Waals surface area contributed by atoms with Crippen molar-refractivity contribution in [3.63, 3.8) is 0 Å². The van der Waals surface area contributed by atoms with Gasteiger partial charge in [-0.25, -0.2) is 4.59 Å². The number of likely N-dealkylation sites (N-methyl/N-ethyl adjacent to an activating group) is 2. The van der Waals surface area contributed by atoms with E-state index >= 15 is 0 Å². The maximum absolute atomic E-state index is 2.36. The lowest BCUT2D eigenvalue weighted by Crippen LogP contribution is -2.52. The lowest BCUT2D eigenvalue weighted by Gasteiger charge is -2.34. The fourth-order valence-corrected chi connectivity index (χ4v) is 1.37. The standard InChI is InChI=1S/C7H18N3/c1-8(2)10(4)6-5-9(3)7-10/h5-7H2,1-4H3/q+1. The van der Waals surface area contributed by atoms with Gasteiger partial charge in [0.15, 0.2) is 6.67 Å². The fraction of sp³-hybridized carbons (Fsp3) is 1.00. The van der Waals surface area contributed by atoms with Crippen molar-refractivity contribution >= 4 is 0 Å². The predicted octanol–water partition coefficient (Wildman–Crippen LogP) is -0.187. The van der Waals surface area contributed by atoms with Crippen LogP contribution in [0.5, 0.6) is 0 Å². The van der Waals surface area contributed by atoms with Crippen LogP contribution in [-0.4, -0.2) is 62.4 Å². The molecule has 3 heteroatoms. The largest absolute Gasteiger partial charge is 0.253 e. The van der Waals surface area contributed by atoms with Crippen LogP contribution in [0.2, 0.25) is 0 Å². The van der Waals surface area contributed by atoms with Crippen LogP contribution >= 0.6 is 0 Å². The van der Waals surface area contributed by atoms with Crippen molar-refractivity contribution in [1.82, 2.24) is 9.91 Å². The molecular weight excluding hydrogens is 126 g/mol. The van der Waals surface area contributed by atoms with Crippen molar-refractivity contribution in [1.29, 1.82) is 0 Å². The Morgan fingerprint density at radius 1 is 1.40 bits per heavy atom. The minimum atomic E-state index is 1.05. The van der Waals surface area contributed by atoms with Crippen LogP contribution in [0, 0.1) is 0 Å². The van der Waals surface area contributed by atoms with Gasteiger partial charge in [-0.2, -0.15) is 5.01 Å². The average Bonchev–Trinajstić information content (AvgIpc) is 2.13. The summed E-state index contributed by atoms with van der Waals surface area (Å²) in [5, 5.41) is 2.27. The summed E-state index contributed by atoms with van der Waals surface area (Å²) in [6, 6.07) is 0. The van der Waals surface area contributed by atoms with Gasteiger partial charge in [-0.1, -0.05) is 0 Å². The smallest absolute Gasteiger partial charge is 0.152 e. The average molecular weight is 144 g/mol. The van der Waals surface area contributed by atoms with E-state index < -0.39 is 0 Å². The van der Waals surface area contributed by atoms with Crippen molar-refractivity contribution < 1.29 is 4.59 Å². The molecule has 1 atom stereocenters. The minimum absolute atomic E-state index is 1.05. The second kappa shape index (κ2) is 2.49. The van der Waals surface area contributed by atoms with E-state index in [2.05, 4.69) is 38.1 Å². The summed E-state index contributed by atoms with van der Waals surface area (Å²) < 4.78 is 1.05. The quantitative estimate of drug-likeness (QED) is 0.471. The Kier molecular flexibility index (Phi) is 1.99. The second-order valence-corrected chi connectivity index (χ2v) is 3.63. The van der Waals surface area contributed by atoms with Gasteiger partial charge < -0.3 is 0 Å². The third-order valence-electron chi connectivity index (χ3n) is 2.48. The molecule has 60 valence electrons. The number of hydrogen-bond donors (Lipinski definition) is 0. The number of rotatable bonds is 1. The maximum atomic E-state index is 2.36. The van der Waals surface area contributed by atoms with Gasteiger partial charge in [-0.3, -0.25) is 4.90 Å². The van der Waals surface area contributed by atoms with Crippen LogP contribution in [0.3, 0.4) is 0 Å². The Bertz CT molecular complexity index is 124. The fourth-order valence-electron chi connectivity index (χ4n) is 1.37. The lowest BCUT2D eigenvalue weighted by atomic mass is 10.6. The van der Waals surface area contributed by atoms with Gasteiger partial charge >= 0.3 is 0 Å². The first-order chi connectivity index (χ1) is 4.54. The first kappa shape index (κ1) is 7.98. The molecule has 0 radical (unpaired) electrons. The van der Waals surface area contributed by atoms with Crippen molar-refractivity contribution in [2.45, 2.75) is 0 Å². The summed E-state index contributed by atoms with van der Waals surface area (Å²) in [6.07, 6.45) is 0. The van der Waals surface area contributed by atoms with E-state index in [1.807, 2.05) is 0 Å². The summed E-state index contributed by atoms with van der Waals surface area (Å²) >= 11 is 0. The summed E-state index contributed by atoms with van der Waals surface area (Å²) in [7, 11) is 8.72. The Morgan fingerprint density at radius 2 is 2.00 bits per heavy atom. The molecule has 1 aliphatic heterocycles. The van der Waals surface area contributed by atoms with Crippen molar-refractivity contribution in [3.8, 4) is 0 Å². The first-order valence-corrected chi connectivity index (χ1v) is 3.75. The van der Waals surface area contributed by atoms with Gasteiger partial charge in [0.2, 0.25) is 0 Å². The molecule has 1 heterocycles. The molecule has 1 unspecified atom stereocenters. The third-order valence-corrected chi connectivity index (χ3v) is 2.48. The molecule has 10 heavy (non-hydrogen) atoms. The number of quaternary nitrogens is 1. The molecule has 0 bridgehead atoms. The van der Waals surface area contributed by atoms with Crippen molar-refractivity contribution in [2.75, 3.05) is 47.9 Å². The molecule has 0 amide bonds. The van der Waals surface area contributed by atoms with E-state index in [1.165, 1.54) is 13.1 Å². The van der Waals surface area contributed by atoms with E-state index in [4.69, 9.17) is 0 Å². The molecular formula is C7H18N3+. The van der Waals surface area contributed by atoms with Gasteiger partial charge in [0, 0.05) is 14.1 Å². The molecule has 1 fully saturated rings. The van der Waals surface area contributed by atoms with Gasteiger partial charge in [0.25, 0.3) is 0 Å². The molecule has 0 N–H and O–H groups in total. The van der Waals surface area contributed by atoms with Crippen LogP contribution in [-0.2, 0) is 0 Å². The van der Waals surface area contributed by atoms with Crippen LogP contribution in [0.4, 0.5) is 0 Å². The Hall–Kier alpha value is -0.120. The molecule has 1 saturated heterocycles. The van der Waals surface area contributed by atoms with Crippen LogP contribution in [0.15, 0.2) is 0 Å². The predicted molar refractivity (Wildman–Crippen MR) is 42.2 cm³/mol. The summed E-state index contributed by atoms with van der Waals surface area (Å²) in [6.45, 7) is 3.60. The zero-order valence-electron chi connectivity index (χ0n) is 7.46. The molecule has 1 aliphatic rings. The topological polar surface area (TPSA) is 6.48 Å². The van der Waals surface area contributed by atoms with Gasteiger partial charge in [-0.05, 0) is 7.05 Å². The van der Waals surface area contributed by atoms with E-state index in [9.17, 15) is 0 Å². The van der Waals surface area contributed by atoms with E-state index in [0.29, 0.717) is 0 Å². The highest BCUT2D eigenvalue weighted by molar-refractivity contribution is 4.51. The Labute approximate surface area is 63.4 Å². The van der Waals surface area contributed by atoms with Crippen LogP contribution < -0.4 is 0 Å². The molecule has 0 aromatic carbocycles. The number of hydrogen-bond acceptors (Lipinski definition) is 2. The summed E-state index contributed by atoms with van der Waals surface area (Å²) in [5.74, 6) is 0. The van der Waals surface area contributed by atoms with Crippen molar-refractivity contribution in [3.05, 3.63) is 0 Å². The zero-order chi connectivity index (χ0) is 7.78. The molecule has 3 nitrogen and oxygen atoms in total. The SMILES string of the molecule is CN1CC[N+](C)(N(C)C)C1.